The quantitative estimate of drug-likeness (QED) is 0.755. The third kappa shape index (κ3) is 3.28. The number of thiophene rings is 1. The Bertz CT molecular complexity index is 843. The maximum atomic E-state index is 12.5. The zero-order valence-electron chi connectivity index (χ0n) is 13.2. The number of ether oxygens (including phenoxy) is 1. The summed E-state index contributed by atoms with van der Waals surface area (Å²) in [6.07, 6.45) is 2.26. The van der Waals surface area contributed by atoms with Gasteiger partial charge in [0.15, 0.2) is 0 Å². The van der Waals surface area contributed by atoms with Crippen LogP contribution >= 0.6 is 11.3 Å². The molecule has 1 unspecified atom stereocenters. The number of aromatic nitrogens is 2. The lowest BCUT2D eigenvalue weighted by atomic mass is 10.1. The van der Waals surface area contributed by atoms with Crippen molar-refractivity contribution in [3.8, 4) is 5.75 Å². The molecule has 3 aromatic rings. The number of aryl methyl sites for hydroxylation is 1. The number of hydrogen-bond acceptors (Lipinski definition) is 5. The third-order valence-corrected chi connectivity index (χ3v) is 4.45. The van der Waals surface area contributed by atoms with Gasteiger partial charge in [-0.1, -0.05) is 6.07 Å². The van der Waals surface area contributed by atoms with Gasteiger partial charge in [0.25, 0.3) is 5.56 Å². The van der Waals surface area contributed by atoms with E-state index in [9.17, 15) is 4.79 Å². The van der Waals surface area contributed by atoms with Gasteiger partial charge >= 0.3 is 0 Å². The Morgan fingerprint density at radius 3 is 3.00 bits per heavy atom. The van der Waals surface area contributed by atoms with Crippen LogP contribution in [0.15, 0.2) is 46.1 Å². The van der Waals surface area contributed by atoms with Crippen molar-refractivity contribution < 1.29 is 4.74 Å². The molecule has 0 aliphatic rings. The smallest absolute Gasteiger partial charge is 0.264 e. The molecule has 2 heterocycles. The van der Waals surface area contributed by atoms with Crippen molar-refractivity contribution in [3.63, 3.8) is 0 Å². The number of benzene rings is 1. The van der Waals surface area contributed by atoms with Crippen LogP contribution < -0.4 is 15.6 Å². The molecule has 0 saturated heterocycles. The molecule has 23 heavy (non-hydrogen) atoms. The van der Waals surface area contributed by atoms with Crippen molar-refractivity contribution in [2.75, 3.05) is 13.6 Å². The number of nitrogens with zero attached hydrogens (tertiary/aromatic N) is 2. The molecule has 1 aromatic carbocycles. The summed E-state index contributed by atoms with van der Waals surface area (Å²) in [5, 5.41) is 7.80. The van der Waals surface area contributed by atoms with E-state index in [4.69, 9.17) is 4.74 Å². The minimum atomic E-state index is -0.0942. The molecule has 1 N–H and O–H groups in total. The minimum absolute atomic E-state index is 0.0933. The molecule has 6 heteroatoms. The Kier molecular flexibility index (Phi) is 4.73. The molecule has 0 fully saturated rings. The van der Waals surface area contributed by atoms with Gasteiger partial charge in [-0.2, -0.15) is 11.3 Å². The fourth-order valence-corrected chi connectivity index (χ4v) is 3.20. The molecule has 3 rings (SSSR count). The van der Waals surface area contributed by atoms with Gasteiger partial charge in [-0.15, -0.1) is 0 Å². The van der Waals surface area contributed by atoms with Gasteiger partial charge in [-0.05, 0) is 42.6 Å². The van der Waals surface area contributed by atoms with Crippen LogP contribution in [-0.4, -0.2) is 23.1 Å². The molecule has 0 aliphatic heterocycles. The molecular weight excluding hydrogens is 310 g/mol. The van der Waals surface area contributed by atoms with Crippen molar-refractivity contribution in [3.05, 3.63) is 57.3 Å². The lowest BCUT2D eigenvalue weighted by Gasteiger charge is -2.19. The standard InChI is InChI=1S/C17H19N3O2S/c1-18-8-6-14(12-7-9-23-10-12)22-15-5-3-4-13-16(15)17(21)20(2)11-19-13/h3-5,7,9-11,14,18H,6,8H2,1-2H3. The molecule has 0 radical (unpaired) electrons. The summed E-state index contributed by atoms with van der Waals surface area (Å²) in [5.41, 5.74) is 1.69. The van der Waals surface area contributed by atoms with Gasteiger partial charge in [0.1, 0.15) is 17.2 Å². The zero-order valence-corrected chi connectivity index (χ0v) is 14.0. The summed E-state index contributed by atoms with van der Waals surface area (Å²) in [7, 11) is 3.62. The van der Waals surface area contributed by atoms with Crippen molar-refractivity contribution in [1.82, 2.24) is 14.9 Å². The van der Waals surface area contributed by atoms with E-state index < -0.39 is 0 Å². The number of rotatable bonds is 6. The van der Waals surface area contributed by atoms with Crippen molar-refractivity contribution in [1.29, 1.82) is 0 Å². The van der Waals surface area contributed by atoms with Crippen LogP contribution in [0.1, 0.15) is 18.1 Å². The van der Waals surface area contributed by atoms with E-state index >= 15 is 0 Å². The number of fused-ring (bicyclic) bond motifs is 1. The largest absolute Gasteiger partial charge is 0.485 e. The van der Waals surface area contributed by atoms with Gasteiger partial charge in [0, 0.05) is 19.0 Å². The maximum absolute atomic E-state index is 12.5. The van der Waals surface area contributed by atoms with E-state index in [0.29, 0.717) is 16.7 Å². The van der Waals surface area contributed by atoms with Gasteiger partial charge in [-0.3, -0.25) is 4.79 Å². The highest BCUT2D eigenvalue weighted by Gasteiger charge is 2.17. The predicted molar refractivity (Wildman–Crippen MR) is 93.2 cm³/mol. The molecule has 0 aliphatic carbocycles. The first-order valence-electron chi connectivity index (χ1n) is 7.48. The van der Waals surface area contributed by atoms with E-state index in [2.05, 4.69) is 21.7 Å². The summed E-state index contributed by atoms with van der Waals surface area (Å²) in [4.78, 5) is 16.8. The summed E-state index contributed by atoms with van der Waals surface area (Å²) >= 11 is 1.64. The highest BCUT2D eigenvalue weighted by molar-refractivity contribution is 7.07. The molecule has 0 amide bonds. The second-order valence-electron chi connectivity index (χ2n) is 5.37. The van der Waals surface area contributed by atoms with E-state index in [-0.39, 0.29) is 11.7 Å². The fraction of sp³-hybridized carbons (Fsp3) is 0.294. The molecule has 0 saturated carbocycles. The maximum Gasteiger partial charge on any atom is 0.264 e. The minimum Gasteiger partial charge on any atom is -0.485 e. The Morgan fingerprint density at radius 1 is 1.39 bits per heavy atom. The molecule has 0 spiro atoms. The van der Waals surface area contributed by atoms with Gasteiger partial charge in [0.05, 0.1) is 11.8 Å². The first kappa shape index (κ1) is 15.7. The summed E-state index contributed by atoms with van der Waals surface area (Å²) in [6.45, 7) is 0.835. The van der Waals surface area contributed by atoms with Crippen LogP contribution in [0.5, 0.6) is 5.75 Å². The Hall–Kier alpha value is -2.18. The molecule has 1 atom stereocenters. The van der Waals surface area contributed by atoms with Crippen LogP contribution in [0.3, 0.4) is 0 Å². The second kappa shape index (κ2) is 6.93. The summed E-state index contributed by atoms with van der Waals surface area (Å²) in [6, 6.07) is 7.60. The molecular formula is C17H19N3O2S. The van der Waals surface area contributed by atoms with Crippen LogP contribution in [0, 0.1) is 0 Å². The van der Waals surface area contributed by atoms with Crippen LogP contribution in [-0.2, 0) is 7.05 Å². The molecule has 2 aromatic heterocycles. The zero-order chi connectivity index (χ0) is 16.2. The van der Waals surface area contributed by atoms with Gasteiger partial charge in [-0.25, -0.2) is 4.98 Å². The van der Waals surface area contributed by atoms with Crippen LogP contribution in [0.4, 0.5) is 0 Å². The number of nitrogens with one attached hydrogen (secondary N) is 1. The fourth-order valence-electron chi connectivity index (χ4n) is 2.50. The van der Waals surface area contributed by atoms with Gasteiger partial charge < -0.3 is 14.6 Å². The van der Waals surface area contributed by atoms with Crippen LogP contribution in [0.25, 0.3) is 10.9 Å². The normalized spacial score (nSPS) is 12.4. The average molecular weight is 329 g/mol. The first-order valence-corrected chi connectivity index (χ1v) is 8.42. The van der Waals surface area contributed by atoms with E-state index in [1.807, 2.05) is 30.6 Å². The van der Waals surface area contributed by atoms with Crippen molar-refractivity contribution in [2.24, 2.45) is 7.05 Å². The Morgan fingerprint density at radius 2 is 2.26 bits per heavy atom. The molecule has 120 valence electrons. The first-order chi connectivity index (χ1) is 11.2. The topological polar surface area (TPSA) is 56.1 Å². The highest BCUT2D eigenvalue weighted by atomic mass is 32.1. The number of hydrogen-bond donors (Lipinski definition) is 1. The van der Waals surface area contributed by atoms with E-state index in [0.717, 1.165) is 18.5 Å². The average Bonchev–Trinajstić information content (AvgIpc) is 3.09. The Balaban J connectivity index is 2.02. The van der Waals surface area contributed by atoms with E-state index in [1.54, 1.807) is 18.4 Å². The lowest BCUT2D eigenvalue weighted by Crippen LogP contribution is -2.19. The second-order valence-corrected chi connectivity index (χ2v) is 6.15. The van der Waals surface area contributed by atoms with Crippen molar-refractivity contribution >= 4 is 22.2 Å². The summed E-state index contributed by atoms with van der Waals surface area (Å²) < 4.78 is 7.70. The highest BCUT2D eigenvalue weighted by Crippen LogP contribution is 2.29. The van der Waals surface area contributed by atoms with Gasteiger partial charge in [0.2, 0.25) is 0 Å². The monoisotopic (exact) mass is 329 g/mol. The predicted octanol–water partition coefficient (Wildman–Crippen LogP) is 2.72. The summed E-state index contributed by atoms with van der Waals surface area (Å²) in [5.74, 6) is 0.587. The SMILES string of the molecule is CNCCC(Oc1cccc2ncn(C)c(=O)c12)c1ccsc1. The van der Waals surface area contributed by atoms with Crippen LogP contribution in [0.2, 0.25) is 0 Å². The van der Waals surface area contributed by atoms with E-state index in [1.165, 1.54) is 10.9 Å². The molecule has 5 nitrogen and oxygen atoms in total. The lowest BCUT2D eigenvalue weighted by molar-refractivity contribution is 0.198. The third-order valence-electron chi connectivity index (χ3n) is 3.75. The Labute approximate surface area is 138 Å². The molecule has 0 bridgehead atoms. The van der Waals surface area contributed by atoms with Crippen molar-refractivity contribution in [2.45, 2.75) is 12.5 Å².